The fraction of sp³-hybridized carbons (Fsp3) is 0.545. The van der Waals surface area contributed by atoms with Gasteiger partial charge < -0.3 is 5.73 Å². The average molecular weight is 300 g/mol. The van der Waals surface area contributed by atoms with Crippen molar-refractivity contribution >= 4 is 15.7 Å². The molecule has 2 N–H and O–H groups in total. The first-order valence-corrected chi connectivity index (χ1v) is 7.70. The molecule has 2 heterocycles. The minimum absolute atomic E-state index is 0.150. The molecule has 1 aliphatic rings. The summed E-state index contributed by atoms with van der Waals surface area (Å²) in [7, 11) is -3.70. The van der Waals surface area contributed by atoms with E-state index in [1.807, 2.05) is 0 Å². The lowest BCUT2D eigenvalue weighted by atomic mass is 10.0. The van der Waals surface area contributed by atoms with E-state index in [4.69, 9.17) is 5.73 Å². The van der Waals surface area contributed by atoms with Crippen molar-refractivity contribution in [2.45, 2.75) is 17.9 Å². The van der Waals surface area contributed by atoms with Gasteiger partial charge in [-0.2, -0.15) is 4.31 Å². The number of pyridine rings is 1. The Kier molecular flexibility index (Phi) is 4.31. The molecule has 8 nitrogen and oxygen atoms in total. The first kappa shape index (κ1) is 14.8. The van der Waals surface area contributed by atoms with E-state index in [0.717, 1.165) is 25.1 Å². The summed E-state index contributed by atoms with van der Waals surface area (Å²) in [4.78, 5) is 13.6. The molecule has 20 heavy (non-hydrogen) atoms. The molecule has 0 saturated carbocycles. The van der Waals surface area contributed by atoms with Crippen LogP contribution in [0.3, 0.4) is 0 Å². The standard InChI is InChI=1S/C11H16N4O4S/c12-6-9-2-1-5-14(8-9)20(18,19)11-4-3-10(7-13-11)15(16)17/h3-4,7,9H,1-2,5-6,8,12H2/t9-/m1/s1. The van der Waals surface area contributed by atoms with Crippen LogP contribution in [-0.4, -0.2) is 42.3 Å². The van der Waals surface area contributed by atoms with Gasteiger partial charge in [-0.1, -0.05) is 0 Å². The molecular weight excluding hydrogens is 284 g/mol. The zero-order chi connectivity index (χ0) is 14.8. The second kappa shape index (κ2) is 5.81. The van der Waals surface area contributed by atoms with Crippen molar-refractivity contribution in [2.24, 2.45) is 11.7 Å². The Labute approximate surface area is 116 Å². The predicted molar refractivity (Wildman–Crippen MR) is 71.4 cm³/mol. The Morgan fingerprint density at radius 1 is 1.50 bits per heavy atom. The van der Waals surface area contributed by atoms with E-state index in [9.17, 15) is 18.5 Å². The van der Waals surface area contributed by atoms with Crippen LogP contribution in [0.25, 0.3) is 0 Å². The summed E-state index contributed by atoms with van der Waals surface area (Å²) >= 11 is 0. The second-order valence-electron chi connectivity index (χ2n) is 4.72. The quantitative estimate of drug-likeness (QED) is 0.633. The summed E-state index contributed by atoms with van der Waals surface area (Å²) < 4.78 is 26.1. The molecule has 0 bridgehead atoms. The maximum absolute atomic E-state index is 12.4. The van der Waals surface area contributed by atoms with Crippen LogP contribution in [0.5, 0.6) is 0 Å². The molecule has 1 atom stereocenters. The van der Waals surface area contributed by atoms with Crippen molar-refractivity contribution in [3.63, 3.8) is 0 Å². The highest BCUT2D eigenvalue weighted by atomic mass is 32.2. The number of nitrogens with zero attached hydrogens (tertiary/aromatic N) is 3. The SMILES string of the molecule is NC[C@H]1CCCN(S(=O)(=O)c2ccc([N+](=O)[O-])cn2)C1. The number of hydrogen-bond donors (Lipinski definition) is 1. The maximum Gasteiger partial charge on any atom is 0.287 e. The topological polar surface area (TPSA) is 119 Å². The van der Waals surface area contributed by atoms with Crippen LogP contribution >= 0.6 is 0 Å². The van der Waals surface area contributed by atoms with Crippen molar-refractivity contribution in [1.82, 2.24) is 9.29 Å². The van der Waals surface area contributed by atoms with Gasteiger partial charge in [0.05, 0.1) is 4.92 Å². The fourth-order valence-electron chi connectivity index (χ4n) is 2.20. The fourth-order valence-corrected chi connectivity index (χ4v) is 3.67. The van der Waals surface area contributed by atoms with Crippen LogP contribution in [0, 0.1) is 16.0 Å². The van der Waals surface area contributed by atoms with Gasteiger partial charge >= 0.3 is 0 Å². The molecular formula is C11H16N4O4S. The molecule has 9 heteroatoms. The molecule has 0 spiro atoms. The van der Waals surface area contributed by atoms with Gasteiger partial charge in [-0.05, 0) is 31.4 Å². The highest BCUT2D eigenvalue weighted by molar-refractivity contribution is 7.89. The first-order valence-electron chi connectivity index (χ1n) is 6.26. The van der Waals surface area contributed by atoms with Gasteiger partial charge in [-0.3, -0.25) is 10.1 Å². The number of hydrogen-bond acceptors (Lipinski definition) is 6. The van der Waals surface area contributed by atoms with Gasteiger partial charge in [0.25, 0.3) is 15.7 Å². The minimum Gasteiger partial charge on any atom is -0.330 e. The summed E-state index contributed by atoms with van der Waals surface area (Å²) in [6.45, 7) is 1.24. The Morgan fingerprint density at radius 2 is 2.25 bits per heavy atom. The Morgan fingerprint density at radius 3 is 2.80 bits per heavy atom. The van der Waals surface area contributed by atoms with Gasteiger partial charge in [-0.15, -0.1) is 0 Å². The van der Waals surface area contributed by atoms with E-state index in [0.29, 0.717) is 19.6 Å². The van der Waals surface area contributed by atoms with Crippen molar-refractivity contribution in [2.75, 3.05) is 19.6 Å². The zero-order valence-corrected chi connectivity index (χ0v) is 11.6. The lowest BCUT2D eigenvalue weighted by molar-refractivity contribution is -0.385. The summed E-state index contributed by atoms with van der Waals surface area (Å²) in [5.41, 5.74) is 5.35. The van der Waals surface area contributed by atoms with Gasteiger partial charge in [0.1, 0.15) is 6.20 Å². The van der Waals surface area contributed by atoms with Crippen molar-refractivity contribution in [3.8, 4) is 0 Å². The predicted octanol–water partition coefficient (Wildman–Crippen LogP) is 0.349. The van der Waals surface area contributed by atoms with E-state index in [2.05, 4.69) is 4.98 Å². The first-order chi connectivity index (χ1) is 9.45. The van der Waals surface area contributed by atoms with Crippen molar-refractivity contribution < 1.29 is 13.3 Å². The van der Waals surface area contributed by atoms with Crippen LogP contribution in [0.15, 0.2) is 23.4 Å². The van der Waals surface area contributed by atoms with E-state index < -0.39 is 14.9 Å². The van der Waals surface area contributed by atoms with Gasteiger partial charge in [0, 0.05) is 19.2 Å². The minimum atomic E-state index is -3.70. The number of piperidine rings is 1. The van der Waals surface area contributed by atoms with Crippen LogP contribution in [0.1, 0.15) is 12.8 Å². The number of rotatable bonds is 4. The van der Waals surface area contributed by atoms with E-state index in [1.54, 1.807) is 0 Å². The molecule has 1 aliphatic heterocycles. The highest BCUT2D eigenvalue weighted by Crippen LogP contribution is 2.23. The Bertz CT molecular complexity index is 587. The molecule has 0 radical (unpaired) electrons. The van der Waals surface area contributed by atoms with Crippen molar-refractivity contribution in [3.05, 3.63) is 28.4 Å². The number of nitro groups is 1. The third kappa shape index (κ3) is 2.94. The summed E-state index contributed by atoms with van der Waals surface area (Å²) in [6.07, 6.45) is 2.63. The second-order valence-corrected chi connectivity index (χ2v) is 6.60. The summed E-state index contributed by atoms with van der Waals surface area (Å²) in [5.74, 6) is 0.150. The zero-order valence-electron chi connectivity index (χ0n) is 10.8. The third-order valence-electron chi connectivity index (χ3n) is 3.35. The molecule has 1 saturated heterocycles. The Balaban J connectivity index is 2.23. The molecule has 1 aromatic rings. The maximum atomic E-state index is 12.4. The van der Waals surface area contributed by atoms with E-state index in [1.165, 1.54) is 10.4 Å². The van der Waals surface area contributed by atoms with Crippen LogP contribution in [0.2, 0.25) is 0 Å². The van der Waals surface area contributed by atoms with E-state index in [-0.39, 0.29) is 16.6 Å². The van der Waals surface area contributed by atoms with Crippen LogP contribution in [-0.2, 0) is 10.0 Å². The Hall–Kier alpha value is -1.58. The molecule has 1 fully saturated rings. The molecule has 1 aromatic heterocycles. The molecule has 0 amide bonds. The van der Waals surface area contributed by atoms with Gasteiger partial charge in [0.2, 0.25) is 0 Å². The molecule has 0 unspecified atom stereocenters. The number of sulfonamides is 1. The van der Waals surface area contributed by atoms with Crippen LogP contribution in [0.4, 0.5) is 5.69 Å². The molecule has 0 aromatic carbocycles. The molecule has 2 rings (SSSR count). The lowest BCUT2D eigenvalue weighted by Gasteiger charge is -2.30. The number of aromatic nitrogens is 1. The highest BCUT2D eigenvalue weighted by Gasteiger charge is 2.30. The third-order valence-corrected chi connectivity index (χ3v) is 5.13. The average Bonchev–Trinajstić information content (AvgIpc) is 2.47. The lowest BCUT2D eigenvalue weighted by Crippen LogP contribution is -2.42. The number of nitrogens with two attached hydrogens (primary N) is 1. The molecule has 110 valence electrons. The normalized spacial score (nSPS) is 20.8. The van der Waals surface area contributed by atoms with E-state index >= 15 is 0 Å². The summed E-state index contributed by atoms with van der Waals surface area (Å²) in [5, 5.41) is 10.4. The molecule has 0 aliphatic carbocycles. The van der Waals surface area contributed by atoms with Crippen LogP contribution < -0.4 is 5.73 Å². The summed E-state index contributed by atoms with van der Waals surface area (Å²) in [6, 6.07) is 2.31. The largest absolute Gasteiger partial charge is 0.330 e. The monoisotopic (exact) mass is 300 g/mol. The van der Waals surface area contributed by atoms with Gasteiger partial charge in [-0.25, -0.2) is 13.4 Å². The van der Waals surface area contributed by atoms with Crippen molar-refractivity contribution in [1.29, 1.82) is 0 Å². The van der Waals surface area contributed by atoms with Gasteiger partial charge in [0.15, 0.2) is 5.03 Å². The smallest absolute Gasteiger partial charge is 0.287 e.